The van der Waals surface area contributed by atoms with E-state index in [2.05, 4.69) is 22.4 Å². The summed E-state index contributed by atoms with van der Waals surface area (Å²) in [6.45, 7) is 2.54. The molecule has 1 saturated heterocycles. The van der Waals surface area contributed by atoms with Crippen molar-refractivity contribution in [3.8, 4) is 5.88 Å². The van der Waals surface area contributed by atoms with Crippen molar-refractivity contribution in [1.29, 1.82) is 0 Å². The van der Waals surface area contributed by atoms with Crippen molar-refractivity contribution in [3.05, 3.63) is 58.2 Å². The van der Waals surface area contributed by atoms with Crippen molar-refractivity contribution in [2.75, 3.05) is 19.7 Å². The maximum Gasteiger partial charge on any atom is 0.213 e. The highest BCUT2D eigenvalue weighted by Crippen LogP contribution is 2.29. The van der Waals surface area contributed by atoms with Crippen molar-refractivity contribution in [3.63, 3.8) is 0 Å². The summed E-state index contributed by atoms with van der Waals surface area (Å²) < 4.78 is 5.78. The fourth-order valence-corrected chi connectivity index (χ4v) is 2.89. The number of hydrogen-bond acceptors (Lipinski definition) is 3. The summed E-state index contributed by atoms with van der Waals surface area (Å²) in [5, 5.41) is 4.81. The molecule has 2 aromatic rings. The van der Waals surface area contributed by atoms with E-state index in [1.807, 2.05) is 12.1 Å². The lowest BCUT2D eigenvalue weighted by atomic mass is 9.89. The van der Waals surface area contributed by atoms with Crippen LogP contribution in [-0.2, 0) is 0 Å². The number of halogens is 2. The van der Waals surface area contributed by atoms with E-state index >= 15 is 0 Å². The average molecular weight is 323 g/mol. The van der Waals surface area contributed by atoms with Crippen molar-refractivity contribution in [2.24, 2.45) is 5.92 Å². The first-order chi connectivity index (χ1) is 10.2. The summed E-state index contributed by atoms with van der Waals surface area (Å²) in [5.74, 6) is 1.47. The van der Waals surface area contributed by atoms with Crippen LogP contribution in [0.2, 0.25) is 10.0 Å². The highest BCUT2D eigenvalue weighted by molar-refractivity contribution is 6.30. The van der Waals surface area contributed by atoms with Crippen LogP contribution in [0.15, 0.2) is 42.6 Å². The van der Waals surface area contributed by atoms with Gasteiger partial charge in [0.05, 0.1) is 11.6 Å². The van der Waals surface area contributed by atoms with E-state index in [1.165, 1.54) is 5.56 Å². The molecule has 1 N–H and O–H groups in total. The summed E-state index contributed by atoms with van der Waals surface area (Å²) in [4.78, 5) is 4.16. The third kappa shape index (κ3) is 3.67. The monoisotopic (exact) mass is 322 g/mol. The zero-order chi connectivity index (χ0) is 14.7. The molecule has 0 spiro atoms. The fraction of sp³-hybridized carbons (Fsp3) is 0.312. The number of pyridine rings is 1. The first-order valence-electron chi connectivity index (χ1n) is 6.93. The second-order valence-corrected chi connectivity index (χ2v) is 6.07. The van der Waals surface area contributed by atoms with Gasteiger partial charge in [0.25, 0.3) is 0 Å². The highest BCUT2D eigenvalue weighted by atomic mass is 35.5. The lowest BCUT2D eigenvalue weighted by molar-refractivity contribution is 0.240. The van der Waals surface area contributed by atoms with Crippen molar-refractivity contribution in [2.45, 2.75) is 5.92 Å². The summed E-state index contributed by atoms with van der Waals surface area (Å²) in [6, 6.07) is 11.6. The number of aromatic nitrogens is 1. The zero-order valence-corrected chi connectivity index (χ0v) is 12.9. The van der Waals surface area contributed by atoms with Gasteiger partial charge in [-0.3, -0.25) is 0 Å². The van der Waals surface area contributed by atoms with Crippen molar-refractivity contribution >= 4 is 23.2 Å². The molecule has 1 aliphatic rings. The minimum Gasteiger partial charge on any atom is -0.477 e. The molecule has 2 atom stereocenters. The Hall–Kier alpha value is -1.29. The quantitative estimate of drug-likeness (QED) is 0.930. The topological polar surface area (TPSA) is 34.1 Å². The minimum absolute atomic E-state index is 0.420. The van der Waals surface area contributed by atoms with E-state index < -0.39 is 0 Å². The number of hydrogen-bond donors (Lipinski definition) is 1. The second-order valence-electron chi connectivity index (χ2n) is 5.20. The van der Waals surface area contributed by atoms with E-state index in [0.29, 0.717) is 29.3 Å². The third-order valence-corrected chi connectivity index (χ3v) is 4.26. The van der Waals surface area contributed by atoms with Gasteiger partial charge >= 0.3 is 0 Å². The molecule has 2 heterocycles. The van der Waals surface area contributed by atoms with Crippen LogP contribution in [0.3, 0.4) is 0 Å². The van der Waals surface area contributed by atoms with Gasteiger partial charge in [-0.15, -0.1) is 0 Å². The SMILES string of the molecule is Clc1ccc([C@H]2CNCC2COc2ccc(Cl)cn2)cc1. The molecule has 3 rings (SSSR count). The smallest absolute Gasteiger partial charge is 0.213 e. The van der Waals surface area contributed by atoms with Crippen LogP contribution in [0.5, 0.6) is 5.88 Å². The van der Waals surface area contributed by atoms with Crippen LogP contribution in [0.25, 0.3) is 0 Å². The molecule has 110 valence electrons. The lowest BCUT2D eigenvalue weighted by Crippen LogP contribution is -2.19. The van der Waals surface area contributed by atoms with Gasteiger partial charge in [0, 0.05) is 42.2 Å². The van der Waals surface area contributed by atoms with Gasteiger partial charge in [-0.2, -0.15) is 0 Å². The van der Waals surface area contributed by atoms with Gasteiger partial charge in [-0.05, 0) is 23.8 Å². The van der Waals surface area contributed by atoms with E-state index in [0.717, 1.165) is 18.1 Å². The summed E-state index contributed by atoms with van der Waals surface area (Å²) in [6.07, 6.45) is 1.60. The number of nitrogens with one attached hydrogen (secondary N) is 1. The first-order valence-corrected chi connectivity index (χ1v) is 7.68. The molecule has 0 saturated carbocycles. The molecule has 21 heavy (non-hydrogen) atoms. The normalized spacial score (nSPS) is 21.4. The maximum absolute atomic E-state index is 5.95. The van der Waals surface area contributed by atoms with Crippen molar-refractivity contribution in [1.82, 2.24) is 10.3 Å². The predicted octanol–water partition coefficient (Wildman–Crippen LogP) is 3.77. The van der Waals surface area contributed by atoms with Gasteiger partial charge in [0.2, 0.25) is 5.88 Å². The average Bonchev–Trinajstić information content (AvgIpc) is 2.96. The van der Waals surface area contributed by atoms with Gasteiger partial charge in [0.1, 0.15) is 0 Å². The Bertz CT molecular complexity index is 586. The second kappa shape index (κ2) is 6.65. The Labute approximate surface area is 134 Å². The maximum atomic E-state index is 5.95. The zero-order valence-electron chi connectivity index (χ0n) is 11.4. The number of nitrogens with zero attached hydrogens (tertiary/aromatic N) is 1. The molecule has 1 aliphatic heterocycles. The van der Waals surface area contributed by atoms with Gasteiger partial charge in [-0.25, -0.2) is 4.98 Å². The van der Waals surface area contributed by atoms with Gasteiger partial charge < -0.3 is 10.1 Å². The van der Waals surface area contributed by atoms with E-state index in [4.69, 9.17) is 27.9 Å². The van der Waals surface area contributed by atoms with Crippen LogP contribution in [0.4, 0.5) is 0 Å². The Balaban J connectivity index is 1.64. The lowest BCUT2D eigenvalue weighted by Gasteiger charge is -2.19. The Morgan fingerprint density at radius 2 is 1.81 bits per heavy atom. The molecule has 0 aliphatic carbocycles. The molecule has 1 aromatic carbocycles. The van der Waals surface area contributed by atoms with Crippen LogP contribution in [-0.4, -0.2) is 24.7 Å². The summed E-state index contributed by atoms with van der Waals surface area (Å²) >= 11 is 11.8. The van der Waals surface area contributed by atoms with E-state index in [1.54, 1.807) is 18.3 Å². The van der Waals surface area contributed by atoms with E-state index in [9.17, 15) is 0 Å². The Morgan fingerprint density at radius 1 is 1.05 bits per heavy atom. The molecule has 5 heteroatoms. The molecule has 1 unspecified atom stereocenters. The fourth-order valence-electron chi connectivity index (χ4n) is 2.65. The summed E-state index contributed by atoms with van der Waals surface area (Å²) in [5.41, 5.74) is 1.29. The largest absolute Gasteiger partial charge is 0.477 e. The van der Waals surface area contributed by atoms with Crippen LogP contribution in [0, 0.1) is 5.92 Å². The predicted molar refractivity (Wildman–Crippen MR) is 85.3 cm³/mol. The number of benzene rings is 1. The molecule has 1 aromatic heterocycles. The Kier molecular flexibility index (Phi) is 4.63. The van der Waals surface area contributed by atoms with Gasteiger partial charge in [0.15, 0.2) is 0 Å². The van der Waals surface area contributed by atoms with Gasteiger partial charge in [-0.1, -0.05) is 35.3 Å². The van der Waals surface area contributed by atoms with Crippen LogP contribution < -0.4 is 10.1 Å². The van der Waals surface area contributed by atoms with Crippen molar-refractivity contribution < 1.29 is 4.74 Å². The molecular formula is C16H16Cl2N2O. The molecular weight excluding hydrogens is 307 g/mol. The third-order valence-electron chi connectivity index (χ3n) is 3.78. The highest BCUT2D eigenvalue weighted by Gasteiger charge is 2.29. The summed E-state index contributed by atoms with van der Waals surface area (Å²) in [7, 11) is 0. The molecule has 3 nitrogen and oxygen atoms in total. The van der Waals surface area contributed by atoms with Crippen LogP contribution in [0.1, 0.15) is 11.5 Å². The van der Waals surface area contributed by atoms with Crippen LogP contribution >= 0.6 is 23.2 Å². The Morgan fingerprint density at radius 3 is 2.52 bits per heavy atom. The standard InChI is InChI=1S/C16H16Cl2N2O/c17-13-3-1-11(2-4-13)15-9-19-7-12(15)10-21-16-6-5-14(18)8-20-16/h1-6,8,12,15,19H,7,9-10H2/t12?,15-/m1/s1. The molecule has 0 radical (unpaired) electrons. The minimum atomic E-state index is 0.420. The van der Waals surface area contributed by atoms with E-state index in [-0.39, 0.29) is 0 Å². The number of ether oxygens (including phenoxy) is 1. The molecule has 0 amide bonds. The molecule has 1 fully saturated rings. The number of rotatable bonds is 4. The first kappa shape index (κ1) is 14.6. The molecule has 0 bridgehead atoms.